The largest absolute Gasteiger partial charge is 0.489 e. The van der Waals surface area contributed by atoms with Gasteiger partial charge in [0.25, 0.3) is 0 Å². The highest BCUT2D eigenvalue weighted by Crippen LogP contribution is 2.17. The Morgan fingerprint density at radius 1 is 1.00 bits per heavy atom. The molecular weight excluding hydrogens is 352 g/mol. The zero-order valence-electron chi connectivity index (χ0n) is 14.4. The van der Waals surface area contributed by atoms with Crippen LogP contribution in [0.5, 0.6) is 5.75 Å². The lowest BCUT2D eigenvalue weighted by molar-refractivity contribution is -0.145. The zero-order chi connectivity index (χ0) is 19.8. The third-order valence-electron chi connectivity index (χ3n) is 3.97. The van der Waals surface area contributed by atoms with Crippen LogP contribution in [0.4, 0.5) is 4.79 Å². The molecule has 0 aliphatic heterocycles. The van der Waals surface area contributed by atoms with Crippen molar-refractivity contribution in [2.45, 2.75) is 25.6 Å². The van der Waals surface area contributed by atoms with Gasteiger partial charge in [-0.2, -0.15) is 0 Å². The summed E-state index contributed by atoms with van der Waals surface area (Å²) in [7, 11) is 0. The summed E-state index contributed by atoms with van der Waals surface area (Å²) in [6.45, 7) is 0.837. The molecule has 2 aromatic carbocycles. The van der Waals surface area contributed by atoms with Crippen LogP contribution in [-0.4, -0.2) is 39.6 Å². The van der Waals surface area contributed by atoms with Gasteiger partial charge in [-0.05, 0) is 28.8 Å². The van der Waals surface area contributed by atoms with Gasteiger partial charge in [0.05, 0.1) is 0 Å². The van der Waals surface area contributed by atoms with Crippen LogP contribution in [0.3, 0.4) is 0 Å². The second kappa shape index (κ2) is 9.35. The van der Waals surface area contributed by atoms with Crippen LogP contribution in [0.25, 0.3) is 0 Å². The smallest absolute Gasteiger partial charge is 0.414 e. The zero-order valence-corrected chi connectivity index (χ0v) is 14.4. The molecule has 27 heavy (non-hydrogen) atoms. The Hall–Kier alpha value is -3.39. The van der Waals surface area contributed by atoms with E-state index in [2.05, 4.69) is 0 Å². The normalized spacial score (nSPS) is 11.4. The van der Waals surface area contributed by atoms with Crippen molar-refractivity contribution in [3.05, 3.63) is 65.2 Å². The van der Waals surface area contributed by atoms with Gasteiger partial charge in [-0.25, -0.2) is 14.5 Å². The van der Waals surface area contributed by atoms with Crippen LogP contribution in [0.15, 0.2) is 48.5 Å². The van der Waals surface area contributed by atoms with Gasteiger partial charge in [0.2, 0.25) is 6.41 Å². The molecule has 4 N–H and O–H groups in total. The number of hydrogen-bond donors (Lipinski definition) is 3. The first-order chi connectivity index (χ1) is 12.9. The number of carboxylic acids is 1. The number of benzene rings is 2. The minimum Gasteiger partial charge on any atom is -0.489 e. The summed E-state index contributed by atoms with van der Waals surface area (Å²) in [6.07, 6.45) is -1.76. The van der Waals surface area contributed by atoms with Crippen molar-refractivity contribution in [2.75, 3.05) is 0 Å². The predicted molar refractivity (Wildman–Crippen MR) is 96.2 cm³/mol. The van der Waals surface area contributed by atoms with E-state index >= 15 is 0 Å². The molecule has 0 fully saturated rings. The lowest BCUT2D eigenvalue weighted by Crippen LogP contribution is -2.44. The maximum absolute atomic E-state index is 11.3. The number of imide groups is 1. The van der Waals surface area contributed by atoms with Crippen molar-refractivity contribution in [3.8, 4) is 5.75 Å². The summed E-state index contributed by atoms with van der Waals surface area (Å²) in [5.41, 5.74) is 8.12. The average Bonchev–Trinajstić information content (AvgIpc) is 2.67. The summed E-state index contributed by atoms with van der Waals surface area (Å²) >= 11 is 0. The van der Waals surface area contributed by atoms with Crippen LogP contribution >= 0.6 is 0 Å². The van der Waals surface area contributed by atoms with Crippen LogP contribution in [0.2, 0.25) is 0 Å². The molecule has 8 heteroatoms. The number of aliphatic carboxylic acids is 1. The highest BCUT2D eigenvalue weighted by atomic mass is 16.5. The fraction of sp³-hybridized carbons (Fsp3) is 0.211. The second-order valence-corrected chi connectivity index (χ2v) is 5.81. The van der Waals surface area contributed by atoms with E-state index in [-0.39, 0.29) is 17.7 Å². The van der Waals surface area contributed by atoms with E-state index in [0.29, 0.717) is 24.5 Å². The van der Waals surface area contributed by atoms with Crippen molar-refractivity contribution < 1.29 is 29.3 Å². The third-order valence-corrected chi connectivity index (χ3v) is 3.97. The minimum absolute atomic E-state index is 0.00542. The van der Waals surface area contributed by atoms with Gasteiger partial charge < -0.3 is 20.7 Å². The molecule has 0 aliphatic carbocycles. The van der Waals surface area contributed by atoms with Crippen molar-refractivity contribution in [1.82, 2.24) is 4.90 Å². The molecule has 142 valence electrons. The number of carboxylic acid groups (broad SMARTS) is 2. The molecule has 0 saturated carbocycles. The number of amides is 2. The van der Waals surface area contributed by atoms with Crippen LogP contribution in [0.1, 0.15) is 16.7 Å². The standard InChI is InChI=1S/C19H20N2O6/c20-10-14-1-3-15(4-2-14)11-27-16-7-5-13(6-8-16)9-17(18(23)24)21(12-22)19(25)26/h1-8,12,17H,9-11,20H2,(H,23,24)(H,25,26)/t17-/m1/s1. The average molecular weight is 372 g/mol. The molecule has 2 rings (SSSR count). The molecule has 2 amide bonds. The van der Waals surface area contributed by atoms with Crippen molar-refractivity contribution in [1.29, 1.82) is 0 Å². The van der Waals surface area contributed by atoms with E-state index < -0.39 is 18.1 Å². The summed E-state index contributed by atoms with van der Waals surface area (Å²) in [5.74, 6) is -0.815. The van der Waals surface area contributed by atoms with E-state index in [1.807, 2.05) is 24.3 Å². The van der Waals surface area contributed by atoms with Gasteiger partial charge in [-0.15, -0.1) is 0 Å². The number of hydrogen-bond acceptors (Lipinski definition) is 5. The number of ether oxygens (including phenoxy) is 1. The first-order valence-corrected chi connectivity index (χ1v) is 8.13. The minimum atomic E-state index is -1.61. The molecule has 0 unspecified atom stereocenters. The number of nitrogens with two attached hydrogens (primary N) is 1. The molecule has 8 nitrogen and oxygen atoms in total. The van der Waals surface area contributed by atoms with Gasteiger partial charge >= 0.3 is 12.1 Å². The maximum Gasteiger partial charge on any atom is 0.414 e. The summed E-state index contributed by atoms with van der Waals surface area (Å²) in [6, 6.07) is 12.8. The van der Waals surface area contributed by atoms with Gasteiger partial charge in [-0.3, -0.25) is 4.79 Å². The van der Waals surface area contributed by atoms with Gasteiger partial charge in [0.1, 0.15) is 18.4 Å². The van der Waals surface area contributed by atoms with E-state index in [1.165, 1.54) is 0 Å². The molecule has 0 saturated heterocycles. The highest BCUT2D eigenvalue weighted by molar-refractivity contribution is 5.87. The SMILES string of the molecule is NCc1ccc(COc2ccc(C[C@H](C(=O)O)N(C=O)C(=O)O)cc2)cc1. The van der Waals surface area contributed by atoms with E-state index in [4.69, 9.17) is 15.6 Å². The van der Waals surface area contributed by atoms with Gasteiger partial charge in [0.15, 0.2) is 0 Å². The van der Waals surface area contributed by atoms with E-state index in [9.17, 15) is 19.5 Å². The quantitative estimate of drug-likeness (QED) is 0.573. The second-order valence-electron chi connectivity index (χ2n) is 5.81. The van der Waals surface area contributed by atoms with Gasteiger partial charge in [-0.1, -0.05) is 36.4 Å². The predicted octanol–water partition coefficient (Wildman–Crippen LogP) is 1.86. The Bertz CT molecular complexity index is 789. The maximum atomic E-state index is 11.3. The van der Waals surface area contributed by atoms with Crippen molar-refractivity contribution >= 4 is 18.5 Å². The summed E-state index contributed by atoms with van der Waals surface area (Å²) in [4.78, 5) is 33.4. The summed E-state index contributed by atoms with van der Waals surface area (Å²) < 4.78 is 5.67. The first kappa shape index (κ1) is 19.9. The molecule has 2 aromatic rings. The van der Waals surface area contributed by atoms with Crippen LogP contribution in [0, 0.1) is 0 Å². The molecule has 0 spiro atoms. The molecule has 1 atom stereocenters. The molecular formula is C19H20N2O6. The van der Waals surface area contributed by atoms with Crippen molar-refractivity contribution in [3.63, 3.8) is 0 Å². The Labute approximate surface area is 155 Å². The molecule has 0 radical (unpaired) electrons. The molecule has 0 aromatic heterocycles. The Morgan fingerprint density at radius 3 is 2.04 bits per heavy atom. The third kappa shape index (κ3) is 5.55. The number of carbonyl (C=O) groups is 3. The molecule has 0 aliphatic rings. The van der Waals surface area contributed by atoms with Crippen molar-refractivity contribution in [2.24, 2.45) is 5.73 Å². The van der Waals surface area contributed by atoms with Crippen LogP contribution in [-0.2, 0) is 29.2 Å². The van der Waals surface area contributed by atoms with Crippen LogP contribution < -0.4 is 10.5 Å². The Kier molecular flexibility index (Phi) is 6.90. The highest BCUT2D eigenvalue weighted by Gasteiger charge is 2.29. The number of carbonyl (C=O) groups excluding carboxylic acids is 1. The molecule has 0 heterocycles. The van der Waals surface area contributed by atoms with E-state index in [0.717, 1.165) is 11.1 Å². The fourth-order valence-electron chi connectivity index (χ4n) is 2.44. The topological polar surface area (TPSA) is 130 Å². The number of rotatable bonds is 9. The van der Waals surface area contributed by atoms with E-state index in [1.54, 1.807) is 24.3 Å². The fourth-order valence-corrected chi connectivity index (χ4v) is 2.44. The number of nitrogens with zero attached hydrogens (tertiary/aromatic N) is 1. The monoisotopic (exact) mass is 372 g/mol. The lowest BCUT2D eigenvalue weighted by Gasteiger charge is -2.20. The van der Waals surface area contributed by atoms with Gasteiger partial charge in [0, 0.05) is 13.0 Å². The molecule has 0 bridgehead atoms. The first-order valence-electron chi connectivity index (χ1n) is 8.13. The Balaban J connectivity index is 1.99. The summed E-state index contributed by atoms with van der Waals surface area (Å²) in [5, 5.41) is 18.1. The Morgan fingerprint density at radius 2 is 1.56 bits per heavy atom. The lowest BCUT2D eigenvalue weighted by atomic mass is 10.1.